The fourth-order valence-electron chi connectivity index (χ4n) is 4.23. The first-order valence-electron chi connectivity index (χ1n) is 12.1. The molecule has 192 valence electrons. The summed E-state index contributed by atoms with van der Waals surface area (Å²) in [5.74, 6) is -0.368. The minimum atomic E-state index is -0.378. The van der Waals surface area contributed by atoms with E-state index in [1.54, 1.807) is 41.3 Å². The number of hydrogen-bond acceptors (Lipinski definition) is 6. The van der Waals surface area contributed by atoms with E-state index in [2.05, 4.69) is 15.5 Å². The van der Waals surface area contributed by atoms with Crippen molar-refractivity contribution in [3.8, 4) is 5.75 Å². The lowest BCUT2D eigenvalue weighted by Crippen LogP contribution is -2.42. The zero-order valence-corrected chi connectivity index (χ0v) is 21.1. The van der Waals surface area contributed by atoms with Crippen molar-refractivity contribution in [3.05, 3.63) is 53.1 Å². The van der Waals surface area contributed by atoms with Gasteiger partial charge in [-0.15, -0.1) is 0 Å². The van der Waals surface area contributed by atoms with Gasteiger partial charge in [0.15, 0.2) is 6.61 Å². The molecule has 1 atom stereocenters. The minimum absolute atomic E-state index is 0.0896. The van der Waals surface area contributed by atoms with Crippen LogP contribution >= 0.6 is 11.6 Å². The molecule has 2 heterocycles. The number of nitrogens with zero attached hydrogens (tertiary/aromatic N) is 2. The molecule has 3 amide bonds. The molecule has 0 radical (unpaired) electrons. The molecule has 2 aromatic carbocycles. The molecule has 0 aliphatic carbocycles. The number of amides is 3. The number of carbonyl (C=O) groups excluding carboxylic acids is 3. The van der Waals surface area contributed by atoms with Gasteiger partial charge in [-0.25, -0.2) is 0 Å². The number of carbonyl (C=O) groups is 3. The lowest BCUT2D eigenvalue weighted by Gasteiger charge is -2.26. The average molecular weight is 515 g/mol. The van der Waals surface area contributed by atoms with Gasteiger partial charge in [0.2, 0.25) is 11.8 Å². The molecule has 2 aliphatic heterocycles. The van der Waals surface area contributed by atoms with Crippen LogP contribution in [-0.2, 0) is 19.1 Å². The van der Waals surface area contributed by atoms with E-state index in [1.807, 2.05) is 13.0 Å². The Bertz CT molecular complexity index is 1090. The van der Waals surface area contributed by atoms with Crippen LogP contribution in [0.2, 0.25) is 5.02 Å². The number of morpholine rings is 1. The molecule has 2 aliphatic rings. The predicted molar refractivity (Wildman–Crippen MR) is 137 cm³/mol. The van der Waals surface area contributed by atoms with Crippen LogP contribution in [0.4, 0.5) is 11.4 Å². The molecule has 0 saturated carbocycles. The maximum Gasteiger partial charge on any atom is 0.262 e. The lowest BCUT2D eigenvalue weighted by atomic mass is 10.1. The van der Waals surface area contributed by atoms with Crippen molar-refractivity contribution in [2.45, 2.75) is 13.3 Å². The molecule has 10 heteroatoms. The number of halogens is 1. The molecule has 2 saturated heterocycles. The fraction of sp³-hybridized carbons (Fsp3) is 0.423. The normalized spacial score (nSPS) is 18.2. The molecule has 2 fully saturated rings. The molecule has 36 heavy (non-hydrogen) atoms. The van der Waals surface area contributed by atoms with Gasteiger partial charge in [0.05, 0.1) is 19.1 Å². The summed E-state index contributed by atoms with van der Waals surface area (Å²) in [5, 5.41) is 6.28. The molecule has 4 rings (SSSR count). The van der Waals surface area contributed by atoms with Crippen LogP contribution in [-0.4, -0.2) is 75.2 Å². The topological polar surface area (TPSA) is 100 Å². The van der Waals surface area contributed by atoms with Crippen molar-refractivity contribution >= 4 is 40.7 Å². The van der Waals surface area contributed by atoms with Crippen molar-refractivity contribution in [1.29, 1.82) is 0 Å². The van der Waals surface area contributed by atoms with Gasteiger partial charge >= 0.3 is 0 Å². The third-order valence-corrected chi connectivity index (χ3v) is 6.55. The summed E-state index contributed by atoms with van der Waals surface area (Å²) < 4.78 is 10.9. The third-order valence-electron chi connectivity index (χ3n) is 6.32. The fourth-order valence-corrected chi connectivity index (χ4v) is 4.40. The highest BCUT2D eigenvalue weighted by Crippen LogP contribution is 2.27. The first-order chi connectivity index (χ1) is 17.4. The lowest BCUT2D eigenvalue weighted by molar-refractivity contribution is -0.126. The highest BCUT2D eigenvalue weighted by molar-refractivity contribution is 6.31. The second-order valence-electron chi connectivity index (χ2n) is 8.94. The SMILES string of the molecule is Cc1ccc(Cl)cc1NC(=O)COc1ccc(N2C[C@H](C(=O)NCCN3CCOCC3)CC2=O)cc1. The molecular formula is C26H31ClN4O5. The number of benzene rings is 2. The Morgan fingerprint density at radius 2 is 1.89 bits per heavy atom. The third kappa shape index (κ3) is 6.96. The summed E-state index contributed by atoms with van der Waals surface area (Å²) in [6, 6.07) is 12.2. The van der Waals surface area contributed by atoms with Crippen LogP contribution in [0.3, 0.4) is 0 Å². The summed E-state index contributed by atoms with van der Waals surface area (Å²) in [7, 11) is 0. The number of anilines is 2. The number of nitrogens with one attached hydrogen (secondary N) is 2. The van der Waals surface area contributed by atoms with Crippen molar-refractivity contribution in [3.63, 3.8) is 0 Å². The standard InChI is InChI=1S/C26H31ClN4O5/c1-18-2-3-20(27)15-23(18)29-24(32)17-36-22-6-4-21(5-7-22)31-16-19(14-25(31)33)26(34)28-8-9-30-10-12-35-13-11-30/h2-7,15,19H,8-14,16-17H2,1H3,(H,28,34)(H,29,32)/t19-/m1/s1. The van der Waals surface area contributed by atoms with E-state index in [4.69, 9.17) is 21.1 Å². The van der Waals surface area contributed by atoms with Crippen LogP contribution in [0.5, 0.6) is 5.75 Å². The van der Waals surface area contributed by atoms with E-state index in [1.165, 1.54) is 0 Å². The van der Waals surface area contributed by atoms with E-state index < -0.39 is 0 Å². The van der Waals surface area contributed by atoms with Crippen LogP contribution in [0.25, 0.3) is 0 Å². The zero-order chi connectivity index (χ0) is 25.5. The largest absolute Gasteiger partial charge is 0.484 e. The highest BCUT2D eigenvalue weighted by Gasteiger charge is 2.35. The van der Waals surface area contributed by atoms with Gasteiger partial charge in [-0.2, -0.15) is 0 Å². The van der Waals surface area contributed by atoms with E-state index in [9.17, 15) is 14.4 Å². The van der Waals surface area contributed by atoms with Gasteiger partial charge in [0, 0.05) is 55.5 Å². The maximum atomic E-state index is 12.6. The molecule has 0 unspecified atom stereocenters. The Morgan fingerprint density at radius 3 is 2.64 bits per heavy atom. The Hall–Kier alpha value is -3.14. The summed E-state index contributed by atoms with van der Waals surface area (Å²) in [5.41, 5.74) is 2.23. The monoisotopic (exact) mass is 514 g/mol. The minimum Gasteiger partial charge on any atom is -0.484 e. The molecule has 9 nitrogen and oxygen atoms in total. The van der Waals surface area contributed by atoms with Gasteiger partial charge in [0.25, 0.3) is 5.91 Å². The molecule has 2 N–H and O–H groups in total. The van der Waals surface area contributed by atoms with Crippen LogP contribution in [0, 0.1) is 12.8 Å². The summed E-state index contributed by atoms with van der Waals surface area (Å²) in [6.45, 7) is 6.57. The number of ether oxygens (including phenoxy) is 2. The average Bonchev–Trinajstić information content (AvgIpc) is 3.27. The molecular weight excluding hydrogens is 484 g/mol. The van der Waals surface area contributed by atoms with Crippen molar-refractivity contribution in [1.82, 2.24) is 10.2 Å². The van der Waals surface area contributed by atoms with Crippen LogP contribution in [0.1, 0.15) is 12.0 Å². The molecule has 0 aromatic heterocycles. The van der Waals surface area contributed by atoms with Crippen molar-refractivity contribution in [2.24, 2.45) is 5.92 Å². The Balaban J connectivity index is 1.23. The van der Waals surface area contributed by atoms with Crippen molar-refractivity contribution in [2.75, 3.05) is 62.8 Å². The Labute approximate surface area is 215 Å². The van der Waals surface area contributed by atoms with Crippen LogP contribution < -0.4 is 20.3 Å². The maximum absolute atomic E-state index is 12.6. The van der Waals surface area contributed by atoms with E-state index in [-0.39, 0.29) is 36.7 Å². The smallest absolute Gasteiger partial charge is 0.262 e. The number of rotatable bonds is 9. The number of aryl methyl sites for hydroxylation is 1. The van der Waals surface area contributed by atoms with E-state index in [0.717, 1.165) is 38.4 Å². The second kappa shape index (κ2) is 12.2. The molecule has 2 aromatic rings. The van der Waals surface area contributed by atoms with Crippen molar-refractivity contribution < 1.29 is 23.9 Å². The first-order valence-corrected chi connectivity index (χ1v) is 12.4. The van der Waals surface area contributed by atoms with E-state index in [0.29, 0.717) is 35.2 Å². The summed E-state index contributed by atoms with van der Waals surface area (Å²) >= 11 is 5.99. The highest BCUT2D eigenvalue weighted by atomic mass is 35.5. The predicted octanol–water partition coefficient (Wildman–Crippen LogP) is 2.47. The van der Waals surface area contributed by atoms with Gasteiger partial charge < -0.3 is 25.0 Å². The molecule has 0 spiro atoms. The Morgan fingerprint density at radius 1 is 1.14 bits per heavy atom. The van der Waals surface area contributed by atoms with Gasteiger partial charge in [-0.1, -0.05) is 17.7 Å². The van der Waals surface area contributed by atoms with E-state index >= 15 is 0 Å². The first kappa shape index (κ1) is 25.9. The van der Waals surface area contributed by atoms with Gasteiger partial charge in [0.1, 0.15) is 5.75 Å². The zero-order valence-electron chi connectivity index (χ0n) is 20.3. The summed E-state index contributed by atoms with van der Waals surface area (Å²) in [4.78, 5) is 41.3. The van der Waals surface area contributed by atoms with Gasteiger partial charge in [-0.05, 0) is 48.9 Å². The molecule has 0 bridgehead atoms. The van der Waals surface area contributed by atoms with Crippen LogP contribution in [0.15, 0.2) is 42.5 Å². The summed E-state index contributed by atoms with van der Waals surface area (Å²) in [6.07, 6.45) is 0.185. The quantitative estimate of drug-likeness (QED) is 0.533. The number of hydrogen-bond donors (Lipinski definition) is 2. The second-order valence-corrected chi connectivity index (χ2v) is 9.38. The van der Waals surface area contributed by atoms with Gasteiger partial charge in [-0.3, -0.25) is 19.3 Å². The Kier molecular flexibility index (Phi) is 8.79.